The van der Waals surface area contributed by atoms with E-state index in [0.29, 0.717) is 10.2 Å². The van der Waals surface area contributed by atoms with Crippen molar-refractivity contribution in [3.63, 3.8) is 0 Å². The molecule has 0 amide bonds. The molecule has 2 nitrogen and oxygen atoms in total. The van der Waals surface area contributed by atoms with Gasteiger partial charge in [-0.2, -0.15) is 13.2 Å². The van der Waals surface area contributed by atoms with Gasteiger partial charge in [0.15, 0.2) is 0 Å². The van der Waals surface area contributed by atoms with E-state index in [1.807, 2.05) is 6.92 Å². The second-order valence-electron chi connectivity index (χ2n) is 4.13. The number of imidazole rings is 1. The molecule has 19 heavy (non-hydrogen) atoms. The maximum atomic E-state index is 12.6. The first-order chi connectivity index (χ1) is 8.93. The molecule has 0 aliphatic heterocycles. The second kappa shape index (κ2) is 5.36. The van der Waals surface area contributed by atoms with Gasteiger partial charge in [-0.15, -0.1) is 0 Å². The van der Waals surface area contributed by atoms with E-state index in [9.17, 15) is 13.2 Å². The molecule has 1 heterocycles. The fourth-order valence-electron chi connectivity index (χ4n) is 1.84. The van der Waals surface area contributed by atoms with Crippen LogP contribution in [0.25, 0.3) is 5.69 Å². The van der Waals surface area contributed by atoms with E-state index in [2.05, 4.69) is 20.9 Å². The molecule has 102 valence electrons. The molecule has 2 rings (SSSR count). The van der Waals surface area contributed by atoms with Crippen LogP contribution in [0.1, 0.15) is 24.7 Å². The van der Waals surface area contributed by atoms with Gasteiger partial charge in [0.25, 0.3) is 0 Å². The first-order valence-electron chi connectivity index (χ1n) is 5.83. The van der Waals surface area contributed by atoms with Crippen LogP contribution in [0.2, 0.25) is 0 Å². The average Bonchev–Trinajstić information content (AvgIpc) is 2.76. The predicted molar refractivity (Wildman–Crippen MR) is 70.3 cm³/mol. The Kier molecular flexibility index (Phi) is 3.99. The summed E-state index contributed by atoms with van der Waals surface area (Å²) in [4.78, 5) is 4.21. The number of benzene rings is 1. The molecule has 6 heteroatoms. The predicted octanol–water partition coefficient (Wildman–Crippen LogP) is 4.61. The van der Waals surface area contributed by atoms with Crippen LogP contribution in [-0.2, 0) is 12.6 Å². The van der Waals surface area contributed by atoms with Gasteiger partial charge in [0.1, 0.15) is 5.82 Å². The molecule has 0 aliphatic carbocycles. The molecule has 2 aromatic rings. The summed E-state index contributed by atoms with van der Waals surface area (Å²) in [5.74, 6) is 0.836. The van der Waals surface area contributed by atoms with Crippen molar-refractivity contribution >= 4 is 15.9 Å². The quantitative estimate of drug-likeness (QED) is 0.802. The number of hydrogen-bond donors (Lipinski definition) is 0. The highest BCUT2D eigenvalue weighted by Crippen LogP contribution is 2.33. The van der Waals surface area contributed by atoms with Gasteiger partial charge in [0, 0.05) is 23.3 Å². The summed E-state index contributed by atoms with van der Waals surface area (Å²) in [5.41, 5.74) is -0.00534. The highest BCUT2D eigenvalue weighted by Gasteiger charge is 2.31. The van der Waals surface area contributed by atoms with Crippen LogP contribution in [-0.4, -0.2) is 9.55 Å². The van der Waals surface area contributed by atoms with Crippen molar-refractivity contribution in [2.75, 3.05) is 0 Å². The molecule has 0 saturated carbocycles. The lowest BCUT2D eigenvalue weighted by Crippen LogP contribution is -2.06. The number of aromatic nitrogens is 2. The van der Waals surface area contributed by atoms with Gasteiger partial charge < -0.3 is 4.57 Å². The Balaban J connectivity index is 2.44. The van der Waals surface area contributed by atoms with E-state index in [1.54, 1.807) is 17.0 Å². The van der Waals surface area contributed by atoms with Crippen LogP contribution >= 0.6 is 15.9 Å². The van der Waals surface area contributed by atoms with Crippen LogP contribution in [0.3, 0.4) is 0 Å². The monoisotopic (exact) mass is 332 g/mol. The molecule has 1 aromatic carbocycles. The molecule has 0 unspecified atom stereocenters. The number of hydrogen-bond acceptors (Lipinski definition) is 1. The van der Waals surface area contributed by atoms with E-state index >= 15 is 0 Å². The van der Waals surface area contributed by atoms with Crippen LogP contribution < -0.4 is 0 Å². The maximum absolute atomic E-state index is 12.6. The Morgan fingerprint density at radius 1 is 1.32 bits per heavy atom. The van der Waals surface area contributed by atoms with Gasteiger partial charge in [-0.25, -0.2) is 4.98 Å². The molecule has 0 aliphatic rings. The molecule has 0 atom stereocenters. The van der Waals surface area contributed by atoms with Gasteiger partial charge in [0.2, 0.25) is 0 Å². The van der Waals surface area contributed by atoms with Gasteiger partial charge in [-0.1, -0.05) is 6.92 Å². The first kappa shape index (κ1) is 14.1. The number of rotatable bonds is 3. The van der Waals surface area contributed by atoms with E-state index in [4.69, 9.17) is 0 Å². The smallest absolute Gasteiger partial charge is 0.303 e. The second-order valence-corrected chi connectivity index (χ2v) is 4.98. The number of aryl methyl sites for hydroxylation is 1. The highest BCUT2D eigenvalue weighted by molar-refractivity contribution is 9.10. The fourth-order valence-corrected chi connectivity index (χ4v) is 2.41. The third kappa shape index (κ3) is 3.00. The lowest BCUT2D eigenvalue weighted by Gasteiger charge is -2.12. The van der Waals surface area contributed by atoms with Crippen molar-refractivity contribution in [3.8, 4) is 5.69 Å². The SMILES string of the molecule is CCCc1nccn1-c1ccc(C(F)(F)F)cc1Br. The lowest BCUT2D eigenvalue weighted by atomic mass is 10.2. The minimum atomic E-state index is -4.33. The van der Waals surface area contributed by atoms with Crippen LogP contribution in [0.5, 0.6) is 0 Å². The maximum Gasteiger partial charge on any atom is 0.416 e. The van der Waals surface area contributed by atoms with Crippen molar-refractivity contribution in [2.24, 2.45) is 0 Å². The molecule has 0 N–H and O–H groups in total. The van der Waals surface area contributed by atoms with Crippen LogP contribution in [0.15, 0.2) is 35.1 Å². The number of alkyl halides is 3. The standard InChI is InChI=1S/C13H12BrF3N2/c1-2-3-12-18-6-7-19(12)11-5-4-9(8-10(11)14)13(15,16)17/h4-8H,2-3H2,1H3. The topological polar surface area (TPSA) is 17.8 Å². The molecule has 0 spiro atoms. The molecule has 0 radical (unpaired) electrons. The molecular formula is C13H12BrF3N2. The van der Waals surface area contributed by atoms with Crippen molar-refractivity contribution < 1.29 is 13.2 Å². The average molecular weight is 333 g/mol. The third-order valence-corrected chi connectivity index (χ3v) is 3.36. The zero-order valence-corrected chi connectivity index (χ0v) is 11.8. The summed E-state index contributed by atoms with van der Waals surface area (Å²) in [6.45, 7) is 2.03. The summed E-state index contributed by atoms with van der Waals surface area (Å²) in [5, 5.41) is 0. The molecule has 0 saturated heterocycles. The summed E-state index contributed by atoms with van der Waals surface area (Å²) in [6, 6.07) is 3.62. The van der Waals surface area contributed by atoms with Crippen LogP contribution in [0, 0.1) is 0 Å². The van der Waals surface area contributed by atoms with Crippen LogP contribution in [0.4, 0.5) is 13.2 Å². The summed E-state index contributed by atoms with van der Waals surface area (Å²) in [7, 11) is 0. The van der Waals surface area contributed by atoms with Crippen molar-refractivity contribution in [3.05, 3.63) is 46.5 Å². The normalized spacial score (nSPS) is 11.8. The number of nitrogens with zero attached hydrogens (tertiary/aromatic N) is 2. The Morgan fingerprint density at radius 3 is 2.63 bits per heavy atom. The van der Waals surface area contributed by atoms with Gasteiger partial charge >= 0.3 is 6.18 Å². The minimum Gasteiger partial charge on any atom is -0.303 e. The summed E-state index contributed by atoms with van der Waals surface area (Å²) < 4.78 is 40.0. The molecular weight excluding hydrogens is 321 g/mol. The summed E-state index contributed by atoms with van der Waals surface area (Å²) in [6.07, 6.45) is 0.769. The van der Waals surface area contributed by atoms with Gasteiger partial charge in [-0.3, -0.25) is 0 Å². The first-order valence-corrected chi connectivity index (χ1v) is 6.62. The van der Waals surface area contributed by atoms with E-state index in [1.165, 1.54) is 6.07 Å². The van der Waals surface area contributed by atoms with Crippen molar-refractivity contribution in [1.29, 1.82) is 0 Å². The van der Waals surface area contributed by atoms with Gasteiger partial charge in [-0.05, 0) is 40.5 Å². The van der Waals surface area contributed by atoms with E-state index in [0.717, 1.165) is 30.8 Å². The van der Waals surface area contributed by atoms with E-state index in [-0.39, 0.29) is 0 Å². The Hall–Kier alpha value is -1.30. The molecule has 0 bridgehead atoms. The largest absolute Gasteiger partial charge is 0.416 e. The Bertz CT molecular complexity index is 576. The Labute approximate surface area is 117 Å². The number of halogens is 4. The fraction of sp³-hybridized carbons (Fsp3) is 0.308. The van der Waals surface area contributed by atoms with Crippen molar-refractivity contribution in [1.82, 2.24) is 9.55 Å². The highest BCUT2D eigenvalue weighted by atomic mass is 79.9. The molecule has 0 fully saturated rings. The molecule has 1 aromatic heterocycles. The van der Waals surface area contributed by atoms with E-state index < -0.39 is 11.7 Å². The lowest BCUT2D eigenvalue weighted by molar-refractivity contribution is -0.137. The third-order valence-electron chi connectivity index (χ3n) is 2.73. The van der Waals surface area contributed by atoms with Crippen molar-refractivity contribution in [2.45, 2.75) is 25.9 Å². The minimum absolute atomic E-state index is 0.401. The summed E-state index contributed by atoms with van der Waals surface area (Å²) >= 11 is 3.20. The zero-order chi connectivity index (χ0) is 14.0. The van der Waals surface area contributed by atoms with Gasteiger partial charge in [0.05, 0.1) is 11.3 Å². The Morgan fingerprint density at radius 2 is 2.05 bits per heavy atom. The zero-order valence-electron chi connectivity index (χ0n) is 10.2.